The molecule has 126 valence electrons. The van der Waals surface area contributed by atoms with Gasteiger partial charge in [-0.15, -0.1) is 0 Å². The van der Waals surface area contributed by atoms with E-state index >= 15 is 0 Å². The Morgan fingerprint density at radius 2 is 1.27 bits per heavy atom. The second-order valence-corrected chi connectivity index (χ2v) is 7.52. The first-order valence-electron chi connectivity index (χ1n) is 7.26. The third-order valence-electron chi connectivity index (χ3n) is 4.02. The quantitative estimate of drug-likeness (QED) is 0.688. The van der Waals surface area contributed by atoms with E-state index in [9.17, 15) is 18.0 Å². The molecule has 0 atom stereocenters. The molecule has 0 bridgehead atoms. The number of carbonyl (C=O) groups is 2. The predicted molar refractivity (Wildman–Crippen MR) is 79.2 cm³/mol. The number of carboxylic acid groups (broad SMARTS) is 1. The smallest absolute Gasteiger partial charge is 0.407 e. The first-order chi connectivity index (χ1) is 10.3. The first kappa shape index (κ1) is 16.8. The standard InChI is InChI=1S/C12H22N4O5S/c1-22(20,21)16-9-7-14(8-10-16)11(17)13-3-2-4-15(6-5-13)12(18)19/h2-10H2,1H3,(H,18,19). The number of rotatable bonds is 1. The number of urea groups is 1. The number of piperazine rings is 1. The molecule has 0 aliphatic carbocycles. The summed E-state index contributed by atoms with van der Waals surface area (Å²) in [5, 5.41) is 8.99. The lowest BCUT2D eigenvalue weighted by Crippen LogP contribution is -2.54. The van der Waals surface area contributed by atoms with Gasteiger partial charge in [0, 0.05) is 52.4 Å². The largest absolute Gasteiger partial charge is 0.465 e. The first-order valence-corrected chi connectivity index (χ1v) is 9.10. The summed E-state index contributed by atoms with van der Waals surface area (Å²) >= 11 is 0. The van der Waals surface area contributed by atoms with Crippen LogP contribution in [0.15, 0.2) is 0 Å². The molecule has 0 aromatic rings. The molecule has 0 aromatic carbocycles. The van der Waals surface area contributed by atoms with Crippen LogP contribution in [0.1, 0.15) is 6.42 Å². The van der Waals surface area contributed by atoms with Gasteiger partial charge < -0.3 is 19.8 Å². The summed E-state index contributed by atoms with van der Waals surface area (Å²) < 4.78 is 24.3. The molecule has 0 saturated carbocycles. The maximum Gasteiger partial charge on any atom is 0.407 e. The van der Waals surface area contributed by atoms with E-state index in [1.54, 1.807) is 9.80 Å². The molecular weight excluding hydrogens is 312 g/mol. The van der Waals surface area contributed by atoms with E-state index in [0.29, 0.717) is 58.8 Å². The van der Waals surface area contributed by atoms with Crippen LogP contribution in [0.4, 0.5) is 9.59 Å². The molecule has 0 spiro atoms. The second-order valence-electron chi connectivity index (χ2n) is 5.54. The fraction of sp³-hybridized carbons (Fsp3) is 0.833. The molecule has 2 saturated heterocycles. The summed E-state index contributed by atoms with van der Waals surface area (Å²) in [4.78, 5) is 28.0. The molecule has 2 rings (SSSR count). The maximum atomic E-state index is 12.5. The van der Waals surface area contributed by atoms with Gasteiger partial charge in [-0.05, 0) is 6.42 Å². The van der Waals surface area contributed by atoms with Gasteiger partial charge in [0.25, 0.3) is 0 Å². The number of amides is 3. The van der Waals surface area contributed by atoms with Crippen molar-refractivity contribution in [3.8, 4) is 0 Å². The summed E-state index contributed by atoms with van der Waals surface area (Å²) in [7, 11) is -3.21. The van der Waals surface area contributed by atoms with Gasteiger partial charge in [0.1, 0.15) is 0 Å². The number of hydrogen-bond acceptors (Lipinski definition) is 4. The number of hydrogen-bond donors (Lipinski definition) is 1. The number of carbonyl (C=O) groups excluding carboxylic acids is 1. The van der Waals surface area contributed by atoms with Crippen LogP contribution < -0.4 is 0 Å². The highest BCUT2D eigenvalue weighted by Gasteiger charge is 2.29. The summed E-state index contributed by atoms with van der Waals surface area (Å²) in [6.45, 7) is 2.98. The van der Waals surface area contributed by atoms with Crippen LogP contribution in [0.2, 0.25) is 0 Å². The zero-order valence-electron chi connectivity index (χ0n) is 12.6. The van der Waals surface area contributed by atoms with Crippen molar-refractivity contribution < 1.29 is 23.1 Å². The zero-order valence-corrected chi connectivity index (χ0v) is 13.5. The van der Waals surface area contributed by atoms with Crippen LogP contribution in [0.3, 0.4) is 0 Å². The van der Waals surface area contributed by atoms with Crippen LogP contribution in [-0.4, -0.2) is 103 Å². The average molecular weight is 334 g/mol. The predicted octanol–water partition coefficient (Wildman–Crippen LogP) is -0.631. The Morgan fingerprint density at radius 1 is 0.818 bits per heavy atom. The van der Waals surface area contributed by atoms with E-state index in [4.69, 9.17) is 5.11 Å². The van der Waals surface area contributed by atoms with E-state index < -0.39 is 16.1 Å². The Labute approximate surface area is 130 Å². The Hall–Kier alpha value is -1.55. The lowest BCUT2D eigenvalue weighted by atomic mass is 10.3. The van der Waals surface area contributed by atoms with Crippen LogP contribution >= 0.6 is 0 Å². The van der Waals surface area contributed by atoms with E-state index in [2.05, 4.69) is 0 Å². The Balaban J connectivity index is 1.89. The van der Waals surface area contributed by atoms with Crippen LogP contribution in [0.25, 0.3) is 0 Å². The number of nitrogens with zero attached hydrogens (tertiary/aromatic N) is 4. The molecule has 9 nitrogen and oxygen atoms in total. The Morgan fingerprint density at radius 3 is 1.82 bits per heavy atom. The minimum Gasteiger partial charge on any atom is -0.465 e. The van der Waals surface area contributed by atoms with E-state index in [1.165, 1.54) is 15.5 Å². The van der Waals surface area contributed by atoms with Gasteiger partial charge >= 0.3 is 12.1 Å². The van der Waals surface area contributed by atoms with Gasteiger partial charge in [-0.1, -0.05) is 0 Å². The molecule has 10 heteroatoms. The zero-order chi connectivity index (χ0) is 16.3. The fourth-order valence-corrected chi connectivity index (χ4v) is 3.54. The summed E-state index contributed by atoms with van der Waals surface area (Å²) in [5.74, 6) is 0. The Kier molecular flexibility index (Phi) is 5.12. The third kappa shape index (κ3) is 4.01. The highest BCUT2D eigenvalue weighted by atomic mass is 32.2. The third-order valence-corrected chi connectivity index (χ3v) is 5.32. The molecule has 2 fully saturated rings. The normalized spacial score (nSPS) is 21.6. The van der Waals surface area contributed by atoms with Gasteiger partial charge in [0.05, 0.1) is 6.26 Å². The van der Waals surface area contributed by atoms with Crippen molar-refractivity contribution in [3.63, 3.8) is 0 Å². The van der Waals surface area contributed by atoms with Crippen molar-refractivity contribution in [2.24, 2.45) is 0 Å². The summed E-state index contributed by atoms with van der Waals surface area (Å²) in [5.41, 5.74) is 0. The molecule has 2 heterocycles. The monoisotopic (exact) mass is 334 g/mol. The van der Waals surface area contributed by atoms with Crippen molar-refractivity contribution in [1.29, 1.82) is 0 Å². The molecule has 0 unspecified atom stereocenters. The summed E-state index contributed by atoms with van der Waals surface area (Å²) in [6, 6.07) is -0.139. The van der Waals surface area contributed by atoms with Crippen LogP contribution in [0.5, 0.6) is 0 Å². The molecule has 1 N–H and O–H groups in total. The highest BCUT2D eigenvalue weighted by molar-refractivity contribution is 7.88. The lowest BCUT2D eigenvalue weighted by Gasteiger charge is -2.36. The van der Waals surface area contributed by atoms with Crippen molar-refractivity contribution in [2.45, 2.75) is 6.42 Å². The van der Waals surface area contributed by atoms with Crippen molar-refractivity contribution in [1.82, 2.24) is 19.0 Å². The van der Waals surface area contributed by atoms with Gasteiger partial charge in [-0.2, -0.15) is 4.31 Å². The Bertz CT molecular complexity index is 530. The van der Waals surface area contributed by atoms with Gasteiger partial charge in [-0.3, -0.25) is 0 Å². The highest BCUT2D eigenvalue weighted by Crippen LogP contribution is 2.11. The molecule has 2 aliphatic heterocycles. The van der Waals surface area contributed by atoms with E-state index in [1.807, 2.05) is 0 Å². The van der Waals surface area contributed by atoms with E-state index in [-0.39, 0.29) is 6.03 Å². The maximum absolute atomic E-state index is 12.5. The van der Waals surface area contributed by atoms with Gasteiger partial charge in [-0.25, -0.2) is 18.0 Å². The fourth-order valence-electron chi connectivity index (χ4n) is 2.71. The molecule has 22 heavy (non-hydrogen) atoms. The van der Waals surface area contributed by atoms with Gasteiger partial charge in [0.2, 0.25) is 10.0 Å². The van der Waals surface area contributed by atoms with Gasteiger partial charge in [0.15, 0.2) is 0 Å². The average Bonchev–Trinajstić information content (AvgIpc) is 2.71. The minimum absolute atomic E-state index is 0.139. The molecule has 0 radical (unpaired) electrons. The van der Waals surface area contributed by atoms with Crippen LogP contribution in [0, 0.1) is 0 Å². The van der Waals surface area contributed by atoms with E-state index in [0.717, 1.165) is 0 Å². The molecule has 3 amide bonds. The van der Waals surface area contributed by atoms with Crippen LogP contribution in [-0.2, 0) is 10.0 Å². The van der Waals surface area contributed by atoms with Crippen molar-refractivity contribution in [2.75, 3.05) is 58.6 Å². The topological polar surface area (TPSA) is 101 Å². The summed E-state index contributed by atoms with van der Waals surface area (Å²) in [6.07, 6.45) is 0.817. The lowest BCUT2D eigenvalue weighted by molar-refractivity contribution is 0.131. The van der Waals surface area contributed by atoms with Crippen molar-refractivity contribution in [3.05, 3.63) is 0 Å². The molecule has 0 aromatic heterocycles. The second kappa shape index (κ2) is 6.69. The SMILES string of the molecule is CS(=O)(=O)N1CCN(C(=O)N2CCCN(C(=O)O)CC2)CC1. The number of sulfonamides is 1. The molecular formula is C12H22N4O5S. The molecule has 2 aliphatic rings. The van der Waals surface area contributed by atoms with Crippen molar-refractivity contribution >= 4 is 22.1 Å². The minimum atomic E-state index is -3.21.